The van der Waals surface area contributed by atoms with Crippen LogP contribution in [0.1, 0.15) is 47.8 Å². The van der Waals surface area contributed by atoms with Gasteiger partial charge in [-0.2, -0.15) is 0 Å². The summed E-state index contributed by atoms with van der Waals surface area (Å²) in [7, 11) is 0. The minimum absolute atomic E-state index is 0.526. The summed E-state index contributed by atoms with van der Waals surface area (Å²) in [6.07, 6.45) is 7.88. The predicted octanol–water partition coefficient (Wildman–Crippen LogP) is 4.72. The molecule has 1 atom stereocenters. The molecule has 4 heterocycles. The van der Waals surface area contributed by atoms with E-state index in [0.29, 0.717) is 6.04 Å². The number of halogens is 1. The average molecular weight is 381 g/mol. The molecule has 4 nitrogen and oxygen atoms in total. The Balaban J connectivity index is 1.57. The molecule has 1 unspecified atom stereocenters. The van der Waals surface area contributed by atoms with Gasteiger partial charge in [0.2, 0.25) is 0 Å². The molecular weight excluding hydrogens is 356 g/mol. The molecule has 1 saturated heterocycles. The summed E-state index contributed by atoms with van der Waals surface area (Å²) in [4.78, 5) is 12.4. The molecule has 0 bridgehead atoms. The zero-order valence-electron chi connectivity index (χ0n) is 15.8. The molecular formula is C22H25ClN4. The fraction of sp³-hybridized carbons (Fsp3) is 0.455. The lowest BCUT2D eigenvalue weighted by molar-refractivity contribution is 0.138. The van der Waals surface area contributed by atoms with E-state index in [2.05, 4.69) is 21.6 Å². The van der Waals surface area contributed by atoms with Crippen LogP contribution >= 0.6 is 11.6 Å². The molecule has 140 valence electrons. The van der Waals surface area contributed by atoms with Gasteiger partial charge in [-0.25, -0.2) is 9.97 Å². The van der Waals surface area contributed by atoms with Gasteiger partial charge in [-0.15, -0.1) is 0 Å². The van der Waals surface area contributed by atoms with Gasteiger partial charge in [0, 0.05) is 41.8 Å². The van der Waals surface area contributed by atoms with Gasteiger partial charge < -0.3 is 4.57 Å². The molecule has 5 rings (SSSR count). The molecule has 0 radical (unpaired) electrons. The highest BCUT2D eigenvalue weighted by Crippen LogP contribution is 2.41. The van der Waals surface area contributed by atoms with Crippen LogP contribution in [0.4, 0.5) is 0 Å². The Morgan fingerprint density at radius 3 is 2.85 bits per heavy atom. The van der Waals surface area contributed by atoms with Crippen molar-refractivity contribution in [1.29, 1.82) is 0 Å². The molecule has 2 aromatic heterocycles. The number of hydrogen-bond acceptors (Lipinski definition) is 3. The van der Waals surface area contributed by atoms with Crippen LogP contribution in [-0.2, 0) is 19.4 Å². The van der Waals surface area contributed by atoms with Gasteiger partial charge >= 0.3 is 0 Å². The molecule has 0 N–H and O–H groups in total. The SMILES string of the molecule is Cc1cnc2c(n1)c1c(n2CCc2ccc(Cl)cc2)CCN2CCCCC12. The number of nitrogens with zero attached hydrogens (tertiary/aromatic N) is 4. The highest BCUT2D eigenvalue weighted by molar-refractivity contribution is 6.30. The number of aryl methyl sites for hydroxylation is 3. The standard InChI is InChI=1S/C22H25ClN4/c1-15-14-24-22-21(25-15)20-18-4-2-3-11-26(18)12-10-19(20)27(22)13-9-16-5-7-17(23)8-6-16/h5-8,14,18H,2-4,9-13H2,1H3. The lowest BCUT2D eigenvalue weighted by atomic mass is 9.90. The first-order valence-electron chi connectivity index (χ1n) is 10.0. The van der Waals surface area contributed by atoms with Gasteiger partial charge in [0.15, 0.2) is 5.65 Å². The Morgan fingerprint density at radius 1 is 1.15 bits per heavy atom. The molecule has 0 aliphatic carbocycles. The number of piperidine rings is 1. The van der Waals surface area contributed by atoms with Crippen molar-refractivity contribution in [2.45, 2.75) is 51.6 Å². The third kappa shape index (κ3) is 3.05. The van der Waals surface area contributed by atoms with Crippen molar-refractivity contribution in [3.05, 3.63) is 58.0 Å². The molecule has 3 aromatic rings. The van der Waals surface area contributed by atoms with Crippen molar-refractivity contribution in [1.82, 2.24) is 19.4 Å². The highest BCUT2D eigenvalue weighted by atomic mass is 35.5. The lowest BCUT2D eigenvalue weighted by Gasteiger charge is -2.39. The fourth-order valence-electron chi connectivity index (χ4n) is 4.85. The first kappa shape index (κ1) is 17.2. The quantitative estimate of drug-likeness (QED) is 0.659. The van der Waals surface area contributed by atoms with Gasteiger partial charge in [0.1, 0.15) is 5.52 Å². The third-order valence-electron chi connectivity index (χ3n) is 6.14. The Bertz CT molecular complexity index is 976. The van der Waals surface area contributed by atoms with E-state index in [1.165, 1.54) is 42.6 Å². The van der Waals surface area contributed by atoms with Gasteiger partial charge in [-0.1, -0.05) is 30.2 Å². The van der Waals surface area contributed by atoms with Crippen LogP contribution in [0.3, 0.4) is 0 Å². The normalized spacial score (nSPS) is 19.9. The summed E-state index contributed by atoms with van der Waals surface area (Å²) in [5.41, 5.74) is 7.44. The van der Waals surface area contributed by atoms with Gasteiger partial charge in [-0.3, -0.25) is 4.90 Å². The van der Waals surface area contributed by atoms with Crippen LogP contribution in [0.5, 0.6) is 0 Å². The zero-order chi connectivity index (χ0) is 18.4. The number of hydrogen-bond donors (Lipinski definition) is 0. The van der Waals surface area contributed by atoms with Gasteiger partial charge in [0.05, 0.1) is 11.9 Å². The van der Waals surface area contributed by atoms with Crippen molar-refractivity contribution < 1.29 is 0 Å². The molecule has 0 amide bonds. The minimum atomic E-state index is 0.526. The molecule has 27 heavy (non-hydrogen) atoms. The van der Waals surface area contributed by atoms with Crippen LogP contribution in [-0.4, -0.2) is 32.5 Å². The molecule has 1 aromatic carbocycles. The summed E-state index contributed by atoms with van der Waals surface area (Å²) in [6.45, 7) is 5.37. The van der Waals surface area contributed by atoms with Crippen molar-refractivity contribution in [2.75, 3.05) is 13.1 Å². The summed E-state index contributed by atoms with van der Waals surface area (Å²) in [5, 5.41) is 0.793. The fourth-order valence-corrected chi connectivity index (χ4v) is 4.97. The Hall–Kier alpha value is -1.91. The summed E-state index contributed by atoms with van der Waals surface area (Å²) < 4.78 is 2.44. The first-order valence-corrected chi connectivity index (χ1v) is 10.4. The third-order valence-corrected chi connectivity index (χ3v) is 6.39. The molecule has 5 heteroatoms. The van der Waals surface area contributed by atoms with Crippen LogP contribution < -0.4 is 0 Å². The number of benzene rings is 1. The maximum atomic E-state index is 6.04. The second-order valence-electron chi connectivity index (χ2n) is 7.87. The topological polar surface area (TPSA) is 34.0 Å². The van der Waals surface area contributed by atoms with Crippen molar-refractivity contribution in [3.63, 3.8) is 0 Å². The average Bonchev–Trinajstić information content (AvgIpc) is 3.01. The van der Waals surface area contributed by atoms with Crippen LogP contribution in [0, 0.1) is 6.92 Å². The van der Waals surface area contributed by atoms with E-state index in [0.717, 1.165) is 47.8 Å². The number of rotatable bonds is 3. The predicted molar refractivity (Wildman–Crippen MR) is 109 cm³/mol. The maximum absolute atomic E-state index is 6.04. The summed E-state index contributed by atoms with van der Waals surface area (Å²) in [5.74, 6) is 0. The number of aromatic nitrogens is 3. The first-order chi connectivity index (χ1) is 13.2. The largest absolute Gasteiger partial charge is 0.328 e. The molecule has 2 aliphatic heterocycles. The van der Waals surface area contributed by atoms with Crippen molar-refractivity contribution in [2.24, 2.45) is 0 Å². The van der Waals surface area contributed by atoms with Crippen LogP contribution in [0.15, 0.2) is 30.5 Å². The minimum Gasteiger partial charge on any atom is -0.328 e. The second kappa shape index (κ2) is 6.92. The van der Waals surface area contributed by atoms with Crippen LogP contribution in [0.2, 0.25) is 5.02 Å². The Labute approximate surface area is 165 Å². The van der Waals surface area contributed by atoms with Crippen LogP contribution in [0.25, 0.3) is 11.2 Å². The smallest absolute Gasteiger partial charge is 0.159 e. The number of fused-ring (bicyclic) bond motifs is 5. The molecule has 1 fully saturated rings. The van der Waals surface area contributed by atoms with E-state index in [4.69, 9.17) is 21.6 Å². The Kier molecular flexibility index (Phi) is 4.41. The van der Waals surface area contributed by atoms with Crippen molar-refractivity contribution >= 4 is 22.8 Å². The van der Waals surface area contributed by atoms with E-state index in [1.54, 1.807) is 0 Å². The Morgan fingerprint density at radius 2 is 2.00 bits per heavy atom. The highest BCUT2D eigenvalue weighted by Gasteiger charge is 2.34. The maximum Gasteiger partial charge on any atom is 0.159 e. The second-order valence-corrected chi connectivity index (χ2v) is 8.31. The monoisotopic (exact) mass is 380 g/mol. The van der Waals surface area contributed by atoms with Crippen molar-refractivity contribution in [3.8, 4) is 0 Å². The van der Waals surface area contributed by atoms with E-state index in [1.807, 2.05) is 25.3 Å². The van der Waals surface area contributed by atoms with E-state index in [-0.39, 0.29) is 0 Å². The molecule has 0 spiro atoms. The van der Waals surface area contributed by atoms with E-state index in [9.17, 15) is 0 Å². The summed E-state index contributed by atoms with van der Waals surface area (Å²) in [6, 6.07) is 8.72. The van der Waals surface area contributed by atoms with Gasteiger partial charge in [-0.05, 0) is 50.4 Å². The van der Waals surface area contributed by atoms with E-state index < -0.39 is 0 Å². The van der Waals surface area contributed by atoms with Gasteiger partial charge in [0.25, 0.3) is 0 Å². The summed E-state index contributed by atoms with van der Waals surface area (Å²) >= 11 is 6.04. The lowest BCUT2D eigenvalue weighted by Crippen LogP contribution is -2.39. The zero-order valence-corrected chi connectivity index (χ0v) is 16.5. The molecule has 0 saturated carbocycles. The molecule has 2 aliphatic rings. The van der Waals surface area contributed by atoms with E-state index >= 15 is 0 Å².